The van der Waals surface area contributed by atoms with Crippen LogP contribution in [0.1, 0.15) is 34.5 Å². The van der Waals surface area contributed by atoms with Crippen molar-refractivity contribution in [3.8, 4) is 0 Å². The number of aliphatic hydroxyl groups is 2. The van der Waals surface area contributed by atoms with E-state index in [0.29, 0.717) is 0 Å². The van der Waals surface area contributed by atoms with E-state index in [-0.39, 0.29) is 0 Å². The highest BCUT2D eigenvalue weighted by Gasteiger charge is 2.32. The molecule has 0 fully saturated rings. The van der Waals surface area contributed by atoms with Gasteiger partial charge in [-0.1, -0.05) is 24.3 Å². The Morgan fingerprint density at radius 2 is 1.11 bits per heavy atom. The van der Waals surface area contributed by atoms with Gasteiger partial charge in [0.2, 0.25) is 0 Å². The lowest BCUT2D eigenvalue weighted by Crippen LogP contribution is -2.20. The molecule has 0 aromatic heterocycles. The third-order valence-electron chi connectivity index (χ3n) is 3.31. The summed E-state index contributed by atoms with van der Waals surface area (Å²) in [6, 6.07) is 11.5. The molecule has 1 aliphatic rings. The summed E-state index contributed by atoms with van der Waals surface area (Å²) in [5.74, 6) is 0. The fourth-order valence-electron chi connectivity index (χ4n) is 2.47. The lowest BCUT2D eigenvalue weighted by Gasteiger charge is -2.30. The average molecular weight is 464 g/mol. The third kappa shape index (κ3) is 1.81. The molecule has 2 nitrogen and oxygen atoms in total. The molecule has 0 bridgehead atoms. The van der Waals surface area contributed by atoms with E-state index in [2.05, 4.69) is 45.2 Å². The van der Waals surface area contributed by atoms with Gasteiger partial charge in [-0.3, -0.25) is 0 Å². The highest BCUT2D eigenvalue weighted by molar-refractivity contribution is 14.1. The van der Waals surface area contributed by atoms with E-state index in [0.717, 1.165) is 29.4 Å². The summed E-state index contributed by atoms with van der Waals surface area (Å²) >= 11 is 4.41. The van der Waals surface area contributed by atoms with E-state index < -0.39 is 12.2 Å². The maximum atomic E-state index is 10.5. The number of benzene rings is 2. The van der Waals surface area contributed by atoms with Crippen molar-refractivity contribution in [2.75, 3.05) is 0 Å². The molecular formula is C14H10I2O2. The van der Waals surface area contributed by atoms with Gasteiger partial charge in [0.25, 0.3) is 0 Å². The predicted octanol–water partition coefficient (Wildman–Crippen LogP) is 3.37. The molecule has 3 rings (SSSR count). The van der Waals surface area contributed by atoms with Crippen LogP contribution in [0.25, 0.3) is 0 Å². The van der Waals surface area contributed by atoms with E-state index in [4.69, 9.17) is 0 Å². The Morgan fingerprint density at radius 3 is 1.50 bits per heavy atom. The molecule has 2 atom stereocenters. The fourth-order valence-corrected chi connectivity index (χ4v) is 4.10. The van der Waals surface area contributed by atoms with E-state index in [1.807, 2.05) is 36.4 Å². The molecule has 0 spiro atoms. The van der Waals surface area contributed by atoms with Crippen LogP contribution in [0, 0.1) is 7.14 Å². The van der Waals surface area contributed by atoms with Crippen LogP contribution < -0.4 is 0 Å². The monoisotopic (exact) mass is 464 g/mol. The molecule has 0 aliphatic heterocycles. The van der Waals surface area contributed by atoms with Crippen molar-refractivity contribution < 1.29 is 10.2 Å². The first-order valence-corrected chi connectivity index (χ1v) is 7.69. The Kier molecular flexibility index (Phi) is 3.38. The lowest BCUT2D eigenvalue weighted by atomic mass is 9.82. The molecule has 2 N–H and O–H groups in total. The topological polar surface area (TPSA) is 40.5 Å². The van der Waals surface area contributed by atoms with Gasteiger partial charge in [-0.15, -0.1) is 0 Å². The first kappa shape index (κ1) is 12.8. The zero-order valence-electron chi connectivity index (χ0n) is 9.27. The van der Waals surface area contributed by atoms with Gasteiger partial charge in [-0.05, 0) is 68.4 Å². The van der Waals surface area contributed by atoms with Crippen LogP contribution in [0.2, 0.25) is 0 Å². The van der Waals surface area contributed by atoms with Crippen molar-refractivity contribution in [1.82, 2.24) is 0 Å². The standard InChI is InChI=1S/C14H10I2O2/c15-9-5-1-3-7-11(9)14(18)8-4-2-6-10(16)12(8)13(7)17/h1-6,13-14,17-18H. The molecule has 0 saturated carbocycles. The second-order valence-corrected chi connectivity index (χ2v) is 6.61. The zero-order valence-corrected chi connectivity index (χ0v) is 13.6. The van der Waals surface area contributed by atoms with Gasteiger partial charge < -0.3 is 10.2 Å². The molecule has 0 saturated heterocycles. The molecule has 1 aliphatic carbocycles. The zero-order chi connectivity index (χ0) is 12.9. The Balaban J connectivity index is 2.32. The van der Waals surface area contributed by atoms with Crippen LogP contribution in [0.15, 0.2) is 36.4 Å². The van der Waals surface area contributed by atoms with Crippen LogP contribution >= 0.6 is 45.2 Å². The minimum atomic E-state index is -0.652. The molecule has 0 heterocycles. The third-order valence-corrected chi connectivity index (χ3v) is 5.19. The molecule has 92 valence electrons. The number of hydrogen-bond acceptors (Lipinski definition) is 2. The van der Waals surface area contributed by atoms with Crippen molar-refractivity contribution in [2.45, 2.75) is 12.2 Å². The summed E-state index contributed by atoms with van der Waals surface area (Å²) in [6.45, 7) is 0. The number of hydrogen-bond donors (Lipinski definition) is 2. The summed E-state index contributed by atoms with van der Waals surface area (Å²) in [5, 5.41) is 21.0. The Labute approximate surface area is 132 Å². The molecule has 4 heteroatoms. The van der Waals surface area contributed by atoms with Crippen LogP contribution in [-0.4, -0.2) is 10.2 Å². The number of halogens is 2. The Bertz CT molecular complexity index is 570. The van der Waals surface area contributed by atoms with Crippen LogP contribution in [0.5, 0.6) is 0 Å². The van der Waals surface area contributed by atoms with Crippen molar-refractivity contribution in [3.63, 3.8) is 0 Å². The minimum absolute atomic E-state index is 0.652. The molecule has 0 radical (unpaired) electrons. The maximum Gasteiger partial charge on any atom is 0.106 e. The summed E-state index contributed by atoms with van der Waals surface area (Å²) in [7, 11) is 0. The van der Waals surface area contributed by atoms with E-state index >= 15 is 0 Å². The van der Waals surface area contributed by atoms with Gasteiger partial charge in [-0.2, -0.15) is 0 Å². The fraction of sp³-hybridized carbons (Fsp3) is 0.143. The smallest absolute Gasteiger partial charge is 0.106 e. The maximum absolute atomic E-state index is 10.5. The summed E-state index contributed by atoms with van der Waals surface area (Å²) < 4.78 is 1.97. The highest BCUT2D eigenvalue weighted by atomic mass is 127. The first-order valence-electron chi connectivity index (χ1n) is 5.54. The predicted molar refractivity (Wildman–Crippen MR) is 86.4 cm³/mol. The summed E-state index contributed by atoms with van der Waals surface area (Å²) in [6.07, 6.45) is -1.30. The molecule has 2 aromatic rings. The van der Waals surface area contributed by atoms with E-state index in [1.54, 1.807) is 0 Å². The minimum Gasteiger partial charge on any atom is -0.384 e. The van der Waals surface area contributed by atoms with Gasteiger partial charge >= 0.3 is 0 Å². The molecule has 0 amide bonds. The van der Waals surface area contributed by atoms with Crippen molar-refractivity contribution in [1.29, 1.82) is 0 Å². The van der Waals surface area contributed by atoms with Gasteiger partial charge in [0.1, 0.15) is 12.2 Å². The first-order chi connectivity index (χ1) is 8.61. The van der Waals surface area contributed by atoms with Crippen LogP contribution in [0.4, 0.5) is 0 Å². The normalized spacial score (nSPS) is 21.3. The molecule has 2 aromatic carbocycles. The van der Waals surface area contributed by atoms with Crippen LogP contribution in [0.3, 0.4) is 0 Å². The van der Waals surface area contributed by atoms with Crippen molar-refractivity contribution >= 4 is 45.2 Å². The van der Waals surface area contributed by atoms with Crippen molar-refractivity contribution in [2.24, 2.45) is 0 Å². The quantitative estimate of drug-likeness (QED) is 0.588. The number of rotatable bonds is 0. The molecule has 2 unspecified atom stereocenters. The van der Waals surface area contributed by atoms with Gasteiger partial charge in [0.05, 0.1) is 0 Å². The van der Waals surface area contributed by atoms with Crippen molar-refractivity contribution in [3.05, 3.63) is 65.8 Å². The van der Waals surface area contributed by atoms with E-state index in [1.165, 1.54) is 0 Å². The van der Waals surface area contributed by atoms with Gasteiger partial charge in [0, 0.05) is 18.3 Å². The molecular weight excluding hydrogens is 454 g/mol. The largest absolute Gasteiger partial charge is 0.384 e. The van der Waals surface area contributed by atoms with Gasteiger partial charge in [-0.25, -0.2) is 0 Å². The SMILES string of the molecule is OC1c2cccc(I)c2C(O)c2cccc(I)c21. The molecule has 18 heavy (non-hydrogen) atoms. The Morgan fingerprint density at radius 1 is 0.722 bits per heavy atom. The number of aliphatic hydroxyl groups excluding tert-OH is 2. The second kappa shape index (κ2) is 4.73. The summed E-state index contributed by atoms with van der Waals surface area (Å²) in [5.41, 5.74) is 3.29. The Hall–Kier alpha value is -0.180. The second-order valence-electron chi connectivity index (χ2n) is 4.29. The highest BCUT2D eigenvalue weighted by Crippen LogP contribution is 2.43. The average Bonchev–Trinajstić information content (AvgIpc) is 2.35. The van der Waals surface area contributed by atoms with E-state index in [9.17, 15) is 10.2 Å². The lowest BCUT2D eigenvalue weighted by molar-refractivity contribution is 0.172. The van der Waals surface area contributed by atoms with Gasteiger partial charge in [0.15, 0.2) is 0 Å². The van der Waals surface area contributed by atoms with Crippen LogP contribution in [-0.2, 0) is 0 Å². The summed E-state index contributed by atoms with van der Waals surface area (Å²) in [4.78, 5) is 0. The number of fused-ring (bicyclic) bond motifs is 2.